The van der Waals surface area contributed by atoms with Gasteiger partial charge in [0.1, 0.15) is 11.8 Å². The Hall–Kier alpha value is -2.56. The molecule has 5 rings (SSSR count). The first-order valence-electron chi connectivity index (χ1n) is 10.7. The van der Waals surface area contributed by atoms with Gasteiger partial charge >= 0.3 is 6.61 Å². The van der Waals surface area contributed by atoms with Gasteiger partial charge in [0.25, 0.3) is 0 Å². The number of rotatable bonds is 6. The Bertz CT molecular complexity index is 917. The molecule has 4 unspecified atom stereocenters. The lowest BCUT2D eigenvalue weighted by atomic mass is 9.74. The van der Waals surface area contributed by atoms with Crippen LogP contribution in [0.4, 0.5) is 14.5 Å². The predicted molar refractivity (Wildman–Crippen MR) is 110 cm³/mol. The number of hydrazine groups is 1. The molecule has 0 bridgehead atoms. The standard InChI is InChI=1S/C21H26F2N6O2/c22-21(23)31-16-4-2-14(3-5-16)26-20(30)19-17-7-12(1-6-18(17)27-28-19)13-8-25-29(11-13)15-9-24-10-15/h2-5,8,11-12,15,17-19,21,24,27-28H,1,6-7,9-10H2,(H,26,30). The summed E-state index contributed by atoms with van der Waals surface area (Å²) in [4.78, 5) is 12.9. The molecule has 4 N–H and O–H groups in total. The third-order valence-electron chi connectivity index (χ3n) is 6.61. The van der Waals surface area contributed by atoms with Crippen molar-refractivity contribution in [3.8, 4) is 5.75 Å². The summed E-state index contributed by atoms with van der Waals surface area (Å²) in [6.45, 7) is -0.952. The fourth-order valence-corrected chi connectivity index (χ4v) is 4.78. The third kappa shape index (κ3) is 4.28. The van der Waals surface area contributed by atoms with Crippen molar-refractivity contribution in [3.63, 3.8) is 0 Å². The summed E-state index contributed by atoms with van der Waals surface area (Å²) in [5.41, 5.74) is 8.21. The largest absolute Gasteiger partial charge is 0.435 e. The van der Waals surface area contributed by atoms with Crippen molar-refractivity contribution >= 4 is 11.6 Å². The number of carbonyl (C=O) groups is 1. The summed E-state index contributed by atoms with van der Waals surface area (Å²) < 4.78 is 31.0. The number of fused-ring (bicyclic) bond motifs is 1. The number of nitrogens with one attached hydrogen (secondary N) is 4. The van der Waals surface area contributed by atoms with Crippen LogP contribution in [0, 0.1) is 5.92 Å². The lowest BCUT2D eigenvalue weighted by Crippen LogP contribution is -2.43. The van der Waals surface area contributed by atoms with Gasteiger partial charge in [0.15, 0.2) is 0 Å². The SMILES string of the molecule is O=C(Nc1ccc(OC(F)F)cc1)C1NNC2CCC(c3cnn(C4CNC4)c3)CC21. The van der Waals surface area contributed by atoms with E-state index in [-0.39, 0.29) is 29.7 Å². The molecule has 1 aromatic heterocycles. The van der Waals surface area contributed by atoms with Gasteiger partial charge in [-0.25, -0.2) is 5.43 Å². The van der Waals surface area contributed by atoms with Crippen LogP contribution in [0.1, 0.15) is 36.8 Å². The molecule has 2 aromatic rings. The number of amides is 1. The Kier molecular flexibility index (Phi) is 5.59. The maximum Gasteiger partial charge on any atom is 0.387 e. The molecule has 0 spiro atoms. The summed E-state index contributed by atoms with van der Waals surface area (Å²) in [7, 11) is 0. The van der Waals surface area contributed by atoms with E-state index >= 15 is 0 Å². The van der Waals surface area contributed by atoms with E-state index in [4.69, 9.17) is 0 Å². The Morgan fingerprint density at radius 2 is 2.00 bits per heavy atom. The fraction of sp³-hybridized carbons (Fsp3) is 0.524. The topological polar surface area (TPSA) is 92.2 Å². The van der Waals surface area contributed by atoms with Crippen LogP contribution in [-0.2, 0) is 4.79 Å². The fourth-order valence-electron chi connectivity index (χ4n) is 4.78. The lowest BCUT2D eigenvalue weighted by Gasteiger charge is -2.32. The average Bonchev–Trinajstić information content (AvgIpc) is 3.34. The molecule has 166 valence electrons. The monoisotopic (exact) mass is 432 g/mol. The van der Waals surface area contributed by atoms with E-state index in [9.17, 15) is 13.6 Å². The van der Waals surface area contributed by atoms with Gasteiger partial charge in [-0.05, 0) is 55.0 Å². The van der Waals surface area contributed by atoms with Gasteiger partial charge in [-0.2, -0.15) is 13.9 Å². The van der Waals surface area contributed by atoms with Crippen LogP contribution in [0.5, 0.6) is 5.75 Å². The molecule has 31 heavy (non-hydrogen) atoms. The third-order valence-corrected chi connectivity index (χ3v) is 6.61. The smallest absolute Gasteiger partial charge is 0.387 e. The van der Waals surface area contributed by atoms with Crippen LogP contribution < -0.4 is 26.2 Å². The molecule has 3 fully saturated rings. The van der Waals surface area contributed by atoms with Crippen molar-refractivity contribution in [1.82, 2.24) is 25.9 Å². The first-order valence-corrected chi connectivity index (χ1v) is 10.7. The van der Waals surface area contributed by atoms with Gasteiger partial charge in [0.05, 0.1) is 12.2 Å². The van der Waals surface area contributed by atoms with Crippen molar-refractivity contribution in [2.75, 3.05) is 18.4 Å². The molecule has 1 saturated carbocycles. The zero-order valence-corrected chi connectivity index (χ0v) is 16.9. The van der Waals surface area contributed by atoms with Gasteiger partial charge in [-0.15, -0.1) is 0 Å². The van der Waals surface area contributed by atoms with Crippen LogP contribution >= 0.6 is 0 Å². The quantitative estimate of drug-likeness (QED) is 0.558. The van der Waals surface area contributed by atoms with E-state index in [1.807, 2.05) is 6.20 Å². The first kappa shape index (κ1) is 20.3. The average molecular weight is 432 g/mol. The van der Waals surface area contributed by atoms with E-state index in [1.165, 1.54) is 17.7 Å². The van der Waals surface area contributed by atoms with Crippen LogP contribution in [-0.4, -0.2) is 47.5 Å². The van der Waals surface area contributed by atoms with Crippen molar-refractivity contribution in [1.29, 1.82) is 0 Å². The van der Waals surface area contributed by atoms with Gasteiger partial charge in [0, 0.05) is 36.9 Å². The number of nitrogens with zero attached hydrogens (tertiary/aromatic N) is 2. The van der Waals surface area contributed by atoms with Crippen molar-refractivity contribution in [3.05, 3.63) is 42.2 Å². The molecule has 3 heterocycles. The van der Waals surface area contributed by atoms with E-state index in [0.717, 1.165) is 32.4 Å². The molecule has 8 nitrogen and oxygen atoms in total. The Labute approximate surface area is 178 Å². The van der Waals surface area contributed by atoms with Crippen LogP contribution in [0.2, 0.25) is 0 Å². The van der Waals surface area contributed by atoms with E-state index in [1.54, 1.807) is 12.1 Å². The minimum atomic E-state index is -2.87. The molecule has 2 saturated heterocycles. The van der Waals surface area contributed by atoms with E-state index in [0.29, 0.717) is 17.6 Å². The summed E-state index contributed by atoms with van der Waals surface area (Å²) in [5, 5.41) is 10.7. The minimum Gasteiger partial charge on any atom is -0.435 e. The molecular formula is C21H26F2N6O2. The van der Waals surface area contributed by atoms with Crippen LogP contribution in [0.25, 0.3) is 0 Å². The zero-order chi connectivity index (χ0) is 21.4. The van der Waals surface area contributed by atoms with E-state index < -0.39 is 6.61 Å². The van der Waals surface area contributed by atoms with Crippen LogP contribution in [0.15, 0.2) is 36.7 Å². The molecule has 3 aliphatic rings. The Morgan fingerprint density at radius 3 is 2.71 bits per heavy atom. The molecule has 4 atom stereocenters. The Balaban J connectivity index is 1.22. The molecule has 1 aromatic carbocycles. The zero-order valence-electron chi connectivity index (χ0n) is 16.9. The van der Waals surface area contributed by atoms with Crippen molar-refractivity contribution in [2.24, 2.45) is 5.92 Å². The summed E-state index contributed by atoms with van der Waals surface area (Å²) >= 11 is 0. The number of alkyl halides is 2. The highest BCUT2D eigenvalue weighted by molar-refractivity contribution is 5.95. The number of carbonyl (C=O) groups excluding carboxylic acids is 1. The molecule has 0 radical (unpaired) electrons. The number of hydrogen-bond acceptors (Lipinski definition) is 6. The number of anilines is 1. The van der Waals surface area contributed by atoms with Crippen LogP contribution in [0.3, 0.4) is 0 Å². The van der Waals surface area contributed by atoms with Gasteiger partial charge in [-0.1, -0.05) is 0 Å². The molecule has 1 amide bonds. The van der Waals surface area contributed by atoms with E-state index in [2.05, 4.69) is 42.2 Å². The van der Waals surface area contributed by atoms with Gasteiger partial charge in [0.2, 0.25) is 5.91 Å². The number of halogens is 2. The predicted octanol–water partition coefficient (Wildman–Crippen LogP) is 2.00. The van der Waals surface area contributed by atoms with Gasteiger partial charge < -0.3 is 15.4 Å². The molecule has 1 aliphatic carbocycles. The normalized spacial score (nSPS) is 28.2. The van der Waals surface area contributed by atoms with Crippen molar-refractivity contribution in [2.45, 2.75) is 49.9 Å². The number of benzene rings is 1. The molecular weight excluding hydrogens is 406 g/mol. The highest BCUT2D eigenvalue weighted by Crippen LogP contribution is 2.40. The second-order valence-electron chi connectivity index (χ2n) is 8.50. The minimum absolute atomic E-state index is 0.0575. The summed E-state index contributed by atoms with van der Waals surface area (Å²) in [6.07, 6.45) is 7.08. The summed E-state index contributed by atoms with van der Waals surface area (Å²) in [6, 6.07) is 6.27. The second-order valence-corrected chi connectivity index (χ2v) is 8.50. The molecule has 2 aliphatic heterocycles. The first-order chi connectivity index (χ1) is 15.1. The number of hydrogen-bond donors (Lipinski definition) is 4. The molecule has 10 heteroatoms. The highest BCUT2D eigenvalue weighted by Gasteiger charge is 2.44. The number of ether oxygens (including phenoxy) is 1. The maximum absolute atomic E-state index is 12.9. The Morgan fingerprint density at radius 1 is 1.19 bits per heavy atom. The van der Waals surface area contributed by atoms with Gasteiger partial charge in [-0.3, -0.25) is 14.9 Å². The lowest BCUT2D eigenvalue weighted by molar-refractivity contribution is -0.119. The maximum atomic E-state index is 12.9. The summed E-state index contributed by atoms with van der Waals surface area (Å²) in [5.74, 6) is 0.459. The second kappa shape index (κ2) is 8.52. The highest BCUT2D eigenvalue weighted by atomic mass is 19.3. The van der Waals surface area contributed by atoms with Crippen molar-refractivity contribution < 1.29 is 18.3 Å². The number of aromatic nitrogens is 2.